The van der Waals surface area contributed by atoms with Gasteiger partial charge in [-0.1, -0.05) is 18.2 Å². The molecule has 6 nitrogen and oxygen atoms in total. The minimum Gasteiger partial charge on any atom is -0.854 e. The minimum atomic E-state index is -6.97. The summed E-state index contributed by atoms with van der Waals surface area (Å²) in [7, 11) is 0. The van der Waals surface area contributed by atoms with E-state index in [2.05, 4.69) is 19.7 Å². The van der Waals surface area contributed by atoms with Crippen molar-refractivity contribution in [1.29, 1.82) is 0 Å². The second kappa shape index (κ2) is 9.40. The maximum absolute atomic E-state index is 13.8. The van der Waals surface area contributed by atoms with Crippen molar-refractivity contribution in [2.24, 2.45) is 5.10 Å². The van der Waals surface area contributed by atoms with E-state index in [1.54, 1.807) is 12.1 Å². The van der Waals surface area contributed by atoms with Gasteiger partial charge < -0.3 is 9.84 Å². The Hall–Kier alpha value is -3.69. The lowest BCUT2D eigenvalue weighted by molar-refractivity contribution is -0.739. The maximum Gasteiger partial charge on any atom is 0.462 e. The molecule has 0 spiro atoms. The van der Waals surface area contributed by atoms with Gasteiger partial charge in [0.1, 0.15) is 5.75 Å². The van der Waals surface area contributed by atoms with Gasteiger partial charge in [0, 0.05) is 16.3 Å². The Morgan fingerprint density at radius 3 is 2.17 bits per heavy atom. The summed E-state index contributed by atoms with van der Waals surface area (Å²) in [5.74, 6) is -8.60. The Labute approximate surface area is 194 Å². The Bertz CT molecular complexity index is 1250. The van der Waals surface area contributed by atoms with E-state index in [1.165, 1.54) is 30.6 Å². The van der Waals surface area contributed by atoms with Crippen LogP contribution >= 0.6 is 0 Å². The highest BCUT2D eigenvalue weighted by molar-refractivity contribution is 5.96. The zero-order valence-corrected chi connectivity index (χ0v) is 17.2. The van der Waals surface area contributed by atoms with Crippen LogP contribution in [0.3, 0.4) is 0 Å². The molecule has 194 valence electrons. The zero-order valence-electron chi connectivity index (χ0n) is 17.2. The van der Waals surface area contributed by atoms with Crippen molar-refractivity contribution in [1.82, 2.24) is 5.10 Å². The van der Waals surface area contributed by atoms with Crippen LogP contribution in [0, 0.1) is 0 Å². The number of fused-ring (bicyclic) bond motifs is 1. The molecule has 3 aromatic rings. The van der Waals surface area contributed by atoms with Crippen molar-refractivity contribution in [2.75, 3.05) is 0 Å². The fraction of sp³-hybridized carbons (Fsp3) is 0.250. The van der Waals surface area contributed by atoms with Crippen molar-refractivity contribution >= 4 is 16.7 Å². The molecule has 1 unspecified atom stereocenters. The van der Waals surface area contributed by atoms with Gasteiger partial charge in [0.05, 0.1) is 16.9 Å². The first kappa shape index (κ1) is 26.9. The van der Waals surface area contributed by atoms with Crippen molar-refractivity contribution < 1.29 is 63.3 Å². The molecule has 16 heteroatoms. The van der Waals surface area contributed by atoms with E-state index in [4.69, 9.17) is 0 Å². The number of benzene rings is 2. The van der Waals surface area contributed by atoms with E-state index in [-0.39, 0.29) is 16.3 Å². The molecule has 0 saturated heterocycles. The summed E-state index contributed by atoms with van der Waals surface area (Å²) >= 11 is 0. The molecule has 0 radical (unpaired) electrons. The molecule has 0 aliphatic carbocycles. The number of ether oxygens (including phenoxy) is 2. The molecule has 0 N–H and O–H groups in total. The molecule has 36 heavy (non-hydrogen) atoms. The van der Waals surface area contributed by atoms with E-state index >= 15 is 0 Å². The number of halogens is 10. The highest BCUT2D eigenvalue weighted by atomic mass is 19.4. The van der Waals surface area contributed by atoms with E-state index < -0.39 is 42.3 Å². The molecule has 3 rings (SSSR count). The molecule has 1 heterocycles. The van der Waals surface area contributed by atoms with Crippen LogP contribution in [0.5, 0.6) is 5.75 Å². The number of hydrogen-bond donors (Lipinski definition) is 0. The third kappa shape index (κ3) is 5.58. The number of rotatable bonds is 8. The van der Waals surface area contributed by atoms with Crippen molar-refractivity contribution in [3.63, 3.8) is 0 Å². The first-order valence-corrected chi connectivity index (χ1v) is 9.38. The molecule has 0 saturated carbocycles. The maximum atomic E-state index is 13.8. The third-order valence-corrected chi connectivity index (χ3v) is 4.34. The summed E-state index contributed by atoms with van der Waals surface area (Å²) in [4.78, 5) is 0.981. The first-order chi connectivity index (χ1) is 16.5. The summed E-state index contributed by atoms with van der Waals surface area (Å²) in [6, 6.07) is 9.56. The Morgan fingerprint density at radius 1 is 0.917 bits per heavy atom. The van der Waals surface area contributed by atoms with Crippen molar-refractivity contribution in [3.8, 4) is 5.75 Å². The van der Waals surface area contributed by atoms with Crippen LogP contribution in [0.25, 0.3) is 10.8 Å². The van der Waals surface area contributed by atoms with Gasteiger partial charge in [-0.05, 0) is 40.6 Å². The predicted molar refractivity (Wildman–Crippen MR) is 97.8 cm³/mol. The molecular weight excluding hydrogens is 520 g/mol. The smallest absolute Gasteiger partial charge is 0.462 e. The Morgan fingerprint density at radius 2 is 1.56 bits per heavy atom. The van der Waals surface area contributed by atoms with Crippen molar-refractivity contribution in [2.45, 2.75) is 30.7 Å². The van der Waals surface area contributed by atoms with E-state index in [0.29, 0.717) is 0 Å². The van der Waals surface area contributed by atoms with E-state index in [1.807, 2.05) is 0 Å². The lowest BCUT2D eigenvalue weighted by atomic mass is 10.1. The molecule has 0 amide bonds. The number of aromatic nitrogens is 2. The van der Waals surface area contributed by atoms with Crippen LogP contribution in [0.1, 0.15) is 5.56 Å². The van der Waals surface area contributed by atoms with Crippen LogP contribution in [0.4, 0.5) is 43.9 Å². The van der Waals surface area contributed by atoms with Gasteiger partial charge in [-0.2, -0.15) is 39.5 Å². The Kier molecular flexibility index (Phi) is 7.03. The average Bonchev–Trinajstić information content (AvgIpc) is 2.78. The van der Waals surface area contributed by atoms with Gasteiger partial charge in [-0.25, -0.2) is 4.39 Å². The van der Waals surface area contributed by atoms with Gasteiger partial charge in [0.2, 0.25) is 6.20 Å². The summed E-state index contributed by atoms with van der Waals surface area (Å²) < 4.78 is 136. The summed E-state index contributed by atoms with van der Waals surface area (Å²) in [6.07, 6.45) is -21.0. The average molecular weight is 531 g/mol. The topological polar surface area (TPSA) is 70.7 Å². The fourth-order valence-electron chi connectivity index (χ4n) is 2.59. The molecule has 1 aromatic heterocycles. The highest BCUT2D eigenvalue weighted by Crippen LogP contribution is 2.48. The van der Waals surface area contributed by atoms with Crippen LogP contribution < -0.4 is 14.6 Å². The standard InChI is InChI=1S/C20H11F10N3O3/c21-16(36-20(29,30)18(24,25)19(26,27)28)17(22,23)35-14-6-5-11-9-13(4-3-12(11)10-14)15(34)32-33-8-2-1-7-31-33/h1-10,16H. The molecule has 0 bridgehead atoms. The fourth-order valence-corrected chi connectivity index (χ4v) is 2.59. The minimum absolute atomic E-state index is 0.0460. The molecule has 1 atom stereocenters. The zero-order chi connectivity index (χ0) is 26.9. The van der Waals surface area contributed by atoms with Gasteiger partial charge >= 0.3 is 30.7 Å². The number of nitrogens with zero attached hydrogens (tertiary/aromatic N) is 3. The van der Waals surface area contributed by atoms with Gasteiger partial charge in [-0.15, -0.1) is 0 Å². The predicted octanol–water partition coefficient (Wildman–Crippen LogP) is 4.17. The quantitative estimate of drug-likeness (QED) is 0.190. The molecule has 0 fully saturated rings. The van der Waals surface area contributed by atoms with Crippen LogP contribution in [-0.4, -0.2) is 41.7 Å². The van der Waals surface area contributed by atoms with E-state index in [0.717, 1.165) is 23.0 Å². The number of hydrogen-bond acceptors (Lipinski definition) is 5. The van der Waals surface area contributed by atoms with Gasteiger partial charge in [-0.3, -0.25) is 4.74 Å². The monoisotopic (exact) mass is 531 g/mol. The first-order valence-electron chi connectivity index (χ1n) is 9.38. The molecule has 0 aliphatic rings. The van der Waals surface area contributed by atoms with Crippen molar-refractivity contribution in [3.05, 3.63) is 66.5 Å². The van der Waals surface area contributed by atoms with Crippen LogP contribution in [-0.2, 0) is 4.74 Å². The second-order valence-electron chi connectivity index (χ2n) is 6.93. The lowest BCUT2D eigenvalue weighted by Gasteiger charge is -2.30. The van der Waals surface area contributed by atoms with Gasteiger partial charge in [0.25, 0.3) is 0 Å². The Balaban J connectivity index is 1.78. The molecule has 2 aromatic carbocycles. The second-order valence-corrected chi connectivity index (χ2v) is 6.93. The van der Waals surface area contributed by atoms with Crippen LogP contribution in [0.2, 0.25) is 0 Å². The van der Waals surface area contributed by atoms with Gasteiger partial charge in [0.15, 0.2) is 0 Å². The van der Waals surface area contributed by atoms with E-state index in [9.17, 15) is 49.0 Å². The van der Waals surface area contributed by atoms with Crippen LogP contribution in [0.15, 0.2) is 66.0 Å². The third-order valence-electron chi connectivity index (χ3n) is 4.34. The number of alkyl halides is 10. The normalized spacial score (nSPS) is 14.7. The molecule has 0 aliphatic heterocycles. The highest BCUT2D eigenvalue weighted by Gasteiger charge is 2.76. The summed E-state index contributed by atoms with van der Waals surface area (Å²) in [5, 5.41) is 20.1. The molecular formula is C20H11F10N3O3. The summed E-state index contributed by atoms with van der Waals surface area (Å²) in [6.45, 7) is 0. The summed E-state index contributed by atoms with van der Waals surface area (Å²) in [5.41, 5.74) is 0.0460. The largest absolute Gasteiger partial charge is 0.854 e. The SMILES string of the molecule is [O-]/C(=N\[n+]1ccccn1)c1ccc2cc(OC(F)(F)C(F)OC(F)(F)C(F)(F)C(F)(F)F)ccc2c1. The lowest BCUT2D eigenvalue weighted by Crippen LogP contribution is -2.56.